The van der Waals surface area contributed by atoms with Crippen molar-refractivity contribution in [1.29, 1.82) is 0 Å². The van der Waals surface area contributed by atoms with E-state index in [1.165, 1.54) is 0 Å². The minimum absolute atomic E-state index is 0.0699. The van der Waals surface area contributed by atoms with Crippen LogP contribution in [0.15, 0.2) is 72.6 Å². The molecular formula is C23H20N2O3. The van der Waals surface area contributed by atoms with E-state index in [2.05, 4.69) is 4.98 Å². The van der Waals surface area contributed by atoms with Gasteiger partial charge >= 0.3 is 5.97 Å². The van der Waals surface area contributed by atoms with Gasteiger partial charge in [0.2, 0.25) is 0 Å². The van der Waals surface area contributed by atoms with Gasteiger partial charge < -0.3 is 10.0 Å². The van der Waals surface area contributed by atoms with Crippen LogP contribution in [0.2, 0.25) is 0 Å². The summed E-state index contributed by atoms with van der Waals surface area (Å²) >= 11 is 0. The van der Waals surface area contributed by atoms with E-state index in [4.69, 9.17) is 5.11 Å². The van der Waals surface area contributed by atoms with Crippen molar-refractivity contribution in [1.82, 2.24) is 4.98 Å². The second kappa shape index (κ2) is 8.77. The summed E-state index contributed by atoms with van der Waals surface area (Å²) in [5.74, 6) is -0.894. The average molecular weight is 372 g/mol. The molecular weight excluding hydrogens is 352 g/mol. The highest BCUT2D eigenvalue weighted by Gasteiger charge is 2.09. The Bertz CT molecular complexity index is 982. The van der Waals surface area contributed by atoms with Crippen LogP contribution < -0.4 is 4.90 Å². The molecule has 1 N–H and O–H groups in total. The van der Waals surface area contributed by atoms with Gasteiger partial charge in [-0.2, -0.15) is 0 Å². The summed E-state index contributed by atoms with van der Waals surface area (Å²) in [4.78, 5) is 28.4. The van der Waals surface area contributed by atoms with Gasteiger partial charge in [0, 0.05) is 24.4 Å². The fourth-order valence-corrected chi connectivity index (χ4v) is 2.68. The number of rotatable bonds is 6. The van der Waals surface area contributed by atoms with E-state index < -0.39 is 5.97 Å². The van der Waals surface area contributed by atoms with Crippen molar-refractivity contribution < 1.29 is 14.7 Å². The first-order chi connectivity index (χ1) is 13.5. The lowest BCUT2D eigenvalue weighted by Crippen LogP contribution is -2.20. The zero-order valence-corrected chi connectivity index (χ0v) is 15.4. The van der Waals surface area contributed by atoms with Crippen LogP contribution >= 0.6 is 0 Å². The number of carbonyl (C=O) groups is 2. The Morgan fingerprint density at radius 1 is 1.04 bits per heavy atom. The molecule has 0 fully saturated rings. The molecule has 2 aromatic rings. The molecule has 3 rings (SSSR count). The fraction of sp³-hybridized carbons (Fsp3) is 0.0870. The van der Waals surface area contributed by atoms with Crippen molar-refractivity contribution in [3.8, 4) is 0 Å². The third-order valence-electron chi connectivity index (χ3n) is 4.25. The van der Waals surface area contributed by atoms with E-state index >= 15 is 0 Å². The highest BCUT2D eigenvalue weighted by molar-refractivity contribution is 5.96. The van der Waals surface area contributed by atoms with E-state index in [1.54, 1.807) is 19.2 Å². The van der Waals surface area contributed by atoms with Crippen LogP contribution in [-0.4, -0.2) is 28.4 Å². The van der Waals surface area contributed by atoms with E-state index in [0.717, 1.165) is 34.2 Å². The van der Waals surface area contributed by atoms with Gasteiger partial charge in [-0.25, -0.2) is 4.79 Å². The van der Waals surface area contributed by atoms with Gasteiger partial charge in [0.15, 0.2) is 5.78 Å². The summed E-state index contributed by atoms with van der Waals surface area (Å²) < 4.78 is 0. The molecule has 140 valence electrons. The third-order valence-corrected chi connectivity index (χ3v) is 4.25. The lowest BCUT2D eigenvalue weighted by molar-refractivity contribution is -0.131. The van der Waals surface area contributed by atoms with Crippen LogP contribution in [0.1, 0.15) is 23.7 Å². The highest BCUT2D eigenvalue weighted by Crippen LogP contribution is 2.19. The second-order valence-electron chi connectivity index (χ2n) is 6.30. The first-order valence-corrected chi connectivity index (χ1v) is 8.82. The van der Waals surface area contributed by atoms with E-state index in [9.17, 15) is 9.59 Å². The maximum absolute atomic E-state index is 11.4. The van der Waals surface area contributed by atoms with Crippen LogP contribution in [0.5, 0.6) is 0 Å². The Balaban J connectivity index is 1.62. The number of aliphatic carboxylic acids is 1. The van der Waals surface area contributed by atoms with Crippen molar-refractivity contribution in [2.24, 2.45) is 0 Å². The molecule has 1 aliphatic rings. The van der Waals surface area contributed by atoms with E-state index in [1.807, 2.05) is 71.8 Å². The van der Waals surface area contributed by atoms with Crippen LogP contribution in [0.3, 0.4) is 0 Å². The van der Waals surface area contributed by atoms with Gasteiger partial charge in [-0.3, -0.25) is 9.78 Å². The smallest absolute Gasteiger partial charge is 0.328 e. The molecule has 5 nitrogen and oxygen atoms in total. The topological polar surface area (TPSA) is 70.5 Å². The van der Waals surface area contributed by atoms with Gasteiger partial charge in [-0.1, -0.05) is 36.4 Å². The molecule has 0 unspecified atom stereocenters. The maximum Gasteiger partial charge on any atom is 0.328 e. The zero-order valence-electron chi connectivity index (χ0n) is 15.4. The number of nitrogens with zero attached hydrogens (tertiary/aromatic N) is 2. The lowest BCUT2D eigenvalue weighted by Gasteiger charge is -2.21. The summed E-state index contributed by atoms with van der Waals surface area (Å²) in [6.07, 6.45) is 14.0. The van der Waals surface area contributed by atoms with Crippen molar-refractivity contribution >= 4 is 35.7 Å². The van der Waals surface area contributed by atoms with Crippen LogP contribution in [0.25, 0.3) is 18.2 Å². The Kier molecular flexibility index (Phi) is 5.97. The van der Waals surface area contributed by atoms with Crippen LogP contribution in [-0.2, 0) is 9.59 Å². The summed E-state index contributed by atoms with van der Waals surface area (Å²) in [6, 6.07) is 11.5. The molecule has 0 saturated carbocycles. The second-order valence-corrected chi connectivity index (χ2v) is 6.30. The molecule has 2 heterocycles. The summed E-state index contributed by atoms with van der Waals surface area (Å²) in [6.45, 7) is 2.21. The number of carboxylic acid groups (broad SMARTS) is 1. The summed E-state index contributed by atoms with van der Waals surface area (Å²) in [5, 5.41) is 8.65. The fourth-order valence-electron chi connectivity index (χ4n) is 2.68. The number of anilines is 1. The lowest BCUT2D eigenvalue weighted by atomic mass is 10.1. The zero-order chi connectivity index (χ0) is 19.9. The third kappa shape index (κ3) is 5.14. The number of aromatic nitrogens is 1. The maximum atomic E-state index is 11.4. The van der Waals surface area contributed by atoms with Crippen molar-refractivity contribution in [3.63, 3.8) is 0 Å². The summed E-state index contributed by atoms with van der Waals surface area (Å²) in [7, 11) is 0. The van der Waals surface area contributed by atoms with E-state index in [-0.39, 0.29) is 5.78 Å². The standard InChI is InChI=1S/C23H20N2O3/c1-17(26)20-12-14-25(15-13-20)22-10-9-21(24-16-22)8-6-18-2-4-19(5-3-18)7-11-23(27)28/h2-14,16H,15H2,1H3,(H,27,28)/b8-6?,11-7+. The van der Waals surface area contributed by atoms with Gasteiger partial charge in [0.25, 0.3) is 0 Å². The molecule has 0 amide bonds. The molecule has 28 heavy (non-hydrogen) atoms. The molecule has 1 aromatic carbocycles. The number of allylic oxidation sites excluding steroid dienone is 2. The quantitative estimate of drug-likeness (QED) is 0.770. The molecule has 0 aliphatic carbocycles. The molecule has 0 atom stereocenters. The molecule has 5 heteroatoms. The first-order valence-electron chi connectivity index (χ1n) is 8.82. The molecule has 0 radical (unpaired) electrons. The molecule has 0 saturated heterocycles. The van der Waals surface area contributed by atoms with Crippen molar-refractivity contribution in [2.45, 2.75) is 6.92 Å². The Morgan fingerprint density at radius 2 is 1.75 bits per heavy atom. The van der Waals surface area contributed by atoms with Gasteiger partial charge in [-0.15, -0.1) is 0 Å². The predicted octanol–water partition coefficient (Wildman–Crippen LogP) is 4.20. The van der Waals surface area contributed by atoms with Gasteiger partial charge in [-0.05, 0) is 48.4 Å². The monoisotopic (exact) mass is 372 g/mol. The highest BCUT2D eigenvalue weighted by atomic mass is 16.4. The molecule has 0 spiro atoms. The predicted molar refractivity (Wildman–Crippen MR) is 112 cm³/mol. The number of ketones is 1. The Labute approximate surface area is 163 Å². The first kappa shape index (κ1) is 19.0. The minimum Gasteiger partial charge on any atom is -0.478 e. The molecule has 1 aliphatic heterocycles. The number of hydrogen-bond donors (Lipinski definition) is 1. The minimum atomic E-state index is -0.964. The van der Waals surface area contributed by atoms with Crippen molar-refractivity contribution in [3.05, 3.63) is 89.4 Å². The van der Waals surface area contributed by atoms with Crippen LogP contribution in [0, 0.1) is 0 Å². The number of Topliss-reactive ketones (excluding diaryl/α,β-unsaturated/α-hetero) is 1. The SMILES string of the molecule is CC(=O)C1=CCN(c2ccc(C=Cc3ccc(/C=C/C(=O)O)cc3)nc2)C=C1. The Hall–Kier alpha value is -3.73. The Morgan fingerprint density at radius 3 is 2.29 bits per heavy atom. The van der Waals surface area contributed by atoms with Gasteiger partial charge in [0.1, 0.15) is 0 Å². The van der Waals surface area contributed by atoms with Gasteiger partial charge in [0.05, 0.1) is 17.6 Å². The average Bonchev–Trinajstić information content (AvgIpc) is 2.72. The van der Waals surface area contributed by atoms with E-state index in [0.29, 0.717) is 6.54 Å². The van der Waals surface area contributed by atoms with Crippen molar-refractivity contribution in [2.75, 3.05) is 11.4 Å². The van der Waals surface area contributed by atoms with Crippen LogP contribution in [0.4, 0.5) is 5.69 Å². The number of hydrogen-bond acceptors (Lipinski definition) is 4. The largest absolute Gasteiger partial charge is 0.478 e. The molecule has 1 aromatic heterocycles. The normalized spacial score (nSPS) is 13.9. The number of carbonyl (C=O) groups excluding carboxylic acids is 1. The number of pyridine rings is 1. The molecule has 0 bridgehead atoms. The summed E-state index contributed by atoms with van der Waals surface area (Å²) in [5.41, 5.74) is 4.35. The number of benzene rings is 1. The number of carboxylic acids is 1.